The van der Waals surface area contributed by atoms with Crippen molar-refractivity contribution < 1.29 is 27.8 Å². The lowest BCUT2D eigenvalue weighted by Crippen LogP contribution is -2.56. The van der Waals surface area contributed by atoms with E-state index in [9.17, 15) is 18.4 Å². The van der Waals surface area contributed by atoms with Crippen LogP contribution in [0.25, 0.3) is 0 Å². The number of piperidine rings is 1. The van der Waals surface area contributed by atoms with E-state index >= 15 is 0 Å². The van der Waals surface area contributed by atoms with Gasteiger partial charge in [0.2, 0.25) is 5.91 Å². The van der Waals surface area contributed by atoms with Crippen LogP contribution >= 0.6 is 0 Å². The molecule has 31 heavy (non-hydrogen) atoms. The van der Waals surface area contributed by atoms with Crippen LogP contribution in [0.5, 0.6) is 0 Å². The second kappa shape index (κ2) is 12.2. The van der Waals surface area contributed by atoms with Gasteiger partial charge in [0.15, 0.2) is 0 Å². The van der Waals surface area contributed by atoms with E-state index in [0.29, 0.717) is 19.8 Å². The summed E-state index contributed by atoms with van der Waals surface area (Å²) in [5.74, 6) is -4.57. The van der Waals surface area contributed by atoms with Crippen LogP contribution in [0.1, 0.15) is 59.8 Å². The SMILES string of the molecule is CC(C)OCCOCCNC(=O)C1CCN(C2CCC(C(=O)C(C)C)CC2)CC1(F)F. The monoisotopic (exact) mass is 446 g/mol. The maximum Gasteiger partial charge on any atom is 0.272 e. The van der Waals surface area contributed by atoms with Gasteiger partial charge in [0.25, 0.3) is 5.92 Å². The van der Waals surface area contributed by atoms with Crippen molar-refractivity contribution in [2.45, 2.75) is 77.9 Å². The fourth-order valence-electron chi connectivity index (χ4n) is 4.61. The molecule has 1 aliphatic heterocycles. The van der Waals surface area contributed by atoms with Crippen molar-refractivity contribution in [3.8, 4) is 0 Å². The van der Waals surface area contributed by atoms with Crippen LogP contribution in [-0.2, 0) is 19.1 Å². The first-order valence-corrected chi connectivity index (χ1v) is 11.7. The van der Waals surface area contributed by atoms with Crippen molar-refractivity contribution in [3.63, 3.8) is 0 Å². The number of nitrogens with one attached hydrogen (secondary N) is 1. The molecule has 1 heterocycles. The zero-order valence-electron chi connectivity index (χ0n) is 19.5. The molecule has 6 nitrogen and oxygen atoms in total. The number of rotatable bonds is 11. The van der Waals surface area contributed by atoms with Gasteiger partial charge in [0.1, 0.15) is 11.7 Å². The second-order valence-corrected chi connectivity index (χ2v) is 9.46. The number of carbonyl (C=O) groups is 2. The summed E-state index contributed by atoms with van der Waals surface area (Å²) in [6, 6.07) is 0.0764. The highest BCUT2D eigenvalue weighted by Crippen LogP contribution is 2.37. The van der Waals surface area contributed by atoms with E-state index in [-0.39, 0.29) is 55.9 Å². The van der Waals surface area contributed by atoms with E-state index < -0.39 is 17.7 Å². The number of alkyl halides is 2. The molecule has 0 spiro atoms. The second-order valence-electron chi connectivity index (χ2n) is 9.46. The third-order valence-electron chi connectivity index (χ3n) is 6.35. The van der Waals surface area contributed by atoms with Gasteiger partial charge in [-0.2, -0.15) is 0 Å². The summed E-state index contributed by atoms with van der Waals surface area (Å²) >= 11 is 0. The largest absolute Gasteiger partial charge is 0.377 e. The fraction of sp³-hybridized carbons (Fsp3) is 0.913. The van der Waals surface area contributed by atoms with Crippen molar-refractivity contribution >= 4 is 11.7 Å². The number of ketones is 1. The Morgan fingerprint density at radius 1 is 1.03 bits per heavy atom. The van der Waals surface area contributed by atoms with E-state index in [0.717, 1.165) is 25.7 Å². The number of nitrogens with zero attached hydrogens (tertiary/aromatic N) is 1. The van der Waals surface area contributed by atoms with E-state index in [2.05, 4.69) is 5.32 Å². The first kappa shape index (κ1) is 26.1. The molecule has 0 aromatic rings. The Bertz CT molecular complexity index is 578. The lowest BCUT2D eigenvalue weighted by Gasteiger charge is -2.43. The third kappa shape index (κ3) is 8.06. The molecule has 1 unspecified atom stereocenters. The molecule has 1 atom stereocenters. The molecule has 1 amide bonds. The van der Waals surface area contributed by atoms with Crippen LogP contribution < -0.4 is 5.32 Å². The van der Waals surface area contributed by atoms with Gasteiger partial charge >= 0.3 is 0 Å². The zero-order chi connectivity index (χ0) is 23.0. The summed E-state index contributed by atoms with van der Waals surface area (Å²) in [4.78, 5) is 26.4. The Kier molecular flexibility index (Phi) is 10.3. The summed E-state index contributed by atoms with van der Waals surface area (Å²) < 4.78 is 40.3. The van der Waals surface area contributed by atoms with Gasteiger partial charge < -0.3 is 14.8 Å². The molecule has 2 rings (SSSR count). The van der Waals surface area contributed by atoms with Crippen LogP contribution in [0.15, 0.2) is 0 Å². The van der Waals surface area contributed by atoms with Gasteiger partial charge in [0.05, 0.1) is 32.5 Å². The summed E-state index contributed by atoms with van der Waals surface area (Å²) in [7, 11) is 0. The van der Waals surface area contributed by atoms with Gasteiger partial charge in [-0.1, -0.05) is 13.8 Å². The lowest BCUT2D eigenvalue weighted by molar-refractivity contribution is -0.155. The first-order valence-electron chi connectivity index (χ1n) is 11.7. The van der Waals surface area contributed by atoms with E-state index in [1.165, 1.54) is 0 Å². The van der Waals surface area contributed by atoms with Crippen molar-refractivity contribution in [2.24, 2.45) is 17.8 Å². The Hall–Kier alpha value is -1.12. The van der Waals surface area contributed by atoms with Crippen molar-refractivity contribution in [1.29, 1.82) is 0 Å². The number of likely N-dealkylation sites (tertiary alicyclic amines) is 1. The molecule has 180 valence electrons. The maximum absolute atomic E-state index is 14.8. The number of halogens is 2. The van der Waals surface area contributed by atoms with E-state index in [1.54, 1.807) is 0 Å². The molecule has 1 aliphatic carbocycles. The summed E-state index contributed by atoms with van der Waals surface area (Å²) in [5, 5.41) is 2.59. The molecule has 0 aromatic carbocycles. The average Bonchev–Trinajstić information content (AvgIpc) is 2.71. The highest BCUT2D eigenvalue weighted by Gasteiger charge is 2.49. The van der Waals surface area contributed by atoms with Crippen LogP contribution in [0.3, 0.4) is 0 Å². The number of hydrogen-bond acceptors (Lipinski definition) is 5. The number of Topliss-reactive ketones (excluding diaryl/α,β-unsaturated/α-hetero) is 1. The Morgan fingerprint density at radius 2 is 1.71 bits per heavy atom. The van der Waals surface area contributed by atoms with Gasteiger partial charge in [-0.25, -0.2) is 8.78 Å². The molecule has 0 bridgehead atoms. The number of carbonyl (C=O) groups excluding carboxylic acids is 2. The Balaban J connectivity index is 1.71. The van der Waals surface area contributed by atoms with Gasteiger partial charge in [-0.05, 0) is 52.5 Å². The standard InChI is InChI=1S/C23H40F2N2O4/c1-16(2)21(28)18-5-7-19(8-6-18)27-11-9-20(23(24,25)15-27)22(29)26-10-12-30-13-14-31-17(3)4/h16-20H,5-15H2,1-4H3,(H,26,29). The molecule has 1 saturated heterocycles. The summed E-state index contributed by atoms with van der Waals surface area (Å²) in [6.07, 6.45) is 3.37. The minimum Gasteiger partial charge on any atom is -0.377 e. The Labute approximate surface area is 185 Å². The van der Waals surface area contributed by atoms with Crippen LogP contribution in [0, 0.1) is 17.8 Å². The zero-order valence-corrected chi connectivity index (χ0v) is 19.5. The van der Waals surface area contributed by atoms with Gasteiger partial charge in [-0.15, -0.1) is 0 Å². The molecule has 1 N–H and O–H groups in total. The minimum absolute atomic E-state index is 0.0268. The summed E-state index contributed by atoms with van der Waals surface area (Å²) in [5.41, 5.74) is 0. The van der Waals surface area contributed by atoms with Crippen molar-refractivity contribution in [2.75, 3.05) is 39.5 Å². The molecular weight excluding hydrogens is 406 g/mol. The fourth-order valence-corrected chi connectivity index (χ4v) is 4.61. The smallest absolute Gasteiger partial charge is 0.272 e. The Morgan fingerprint density at radius 3 is 2.29 bits per heavy atom. The highest BCUT2D eigenvalue weighted by molar-refractivity contribution is 5.82. The maximum atomic E-state index is 14.8. The molecule has 1 saturated carbocycles. The van der Waals surface area contributed by atoms with E-state index in [4.69, 9.17) is 9.47 Å². The molecule has 0 aromatic heterocycles. The predicted octanol–water partition coefficient (Wildman–Crippen LogP) is 3.29. The first-order chi connectivity index (χ1) is 14.6. The van der Waals surface area contributed by atoms with Crippen molar-refractivity contribution in [1.82, 2.24) is 10.2 Å². The molecular formula is C23H40F2N2O4. The highest BCUT2D eigenvalue weighted by atomic mass is 19.3. The predicted molar refractivity (Wildman–Crippen MR) is 115 cm³/mol. The normalized spacial score (nSPS) is 26.9. The molecule has 2 fully saturated rings. The quantitative estimate of drug-likeness (QED) is 0.494. The summed E-state index contributed by atoms with van der Waals surface area (Å²) in [6.45, 7) is 9.17. The number of amides is 1. The lowest BCUT2D eigenvalue weighted by atomic mass is 9.79. The molecule has 8 heteroatoms. The molecule has 0 radical (unpaired) electrons. The van der Waals surface area contributed by atoms with Gasteiger partial charge in [-0.3, -0.25) is 14.5 Å². The van der Waals surface area contributed by atoms with Crippen molar-refractivity contribution in [3.05, 3.63) is 0 Å². The number of ether oxygens (including phenoxy) is 2. The minimum atomic E-state index is -3.06. The van der Waals surface area contributed by atoms with Crippen LogP contribution in [-0.4, -0.2) is 74.1 Å². The topological polar surface area (TPSA) is 67.9 Å². The molecule has 2 aliphatic rings. The van der Waals surface area contributed by atoms with Crippen LogP contribution in [0.2, 0.25) is 0 Å². The number of hydrogen-bond donors (Lipinski definition) is 1. The van der Waals surface area contributed by atoms with E-state index in [1.807, 2.05) is 32.6 Å². The van der Waals surface area contributed by atoms with Gasteiger partial charge in [0, 0.05) is 24.4 Å². The third-order valence-corrected chi connectivity index (χ3v) is 6.35. The average molecular weight is 447 g/mol. The van der Waals surface area contributed by atoms with Crippen LogP contribution in [0.4, 0.5) is 8.78 Å².